The van der Waals surface area contributed by atoms with Crippen LogP contribution in [0.3, 0.4) is 0 Å². The Morgan fingerprint density at radius 2 is 1.67 bits per heavy atom. The van der Waals surface area contributed by atoms with E-state index in [0.29, 0.717) is 43.4 Å². The van der Waals surface area contributed by atoms with Gasteiger partial charge in [0.2, 0.25) is 0 Å². The molecule has 3 aromatic carbocycles. The Labute approximate surface area is 281 Å². The Morgan fingerprint density at radius 1 is 0.875 bits per heavy atom. The van der Waals surface area contributed by atoms with E-state index in [1.165, 1.54) is 12.1 Å². The first-order chi connectivity index (χ1) is 23.5. The van der Waals surface area contributed by atoms with Crippen LogP contribution in [0.2, 0.25) is 0 Å². The minimum Gasteiger partial charge on any atom is -0.507 e. The maximum Gasteiger partial charge on any atom is 0.410 e. The number of nitrogens with two attached hydrogens (primary N) is 1. The van der Waals surface area contributed by atoms with Gasteiger partial charge in [0.1, 0.15) is 24.7 Å². The van der Waals surface area contributed by atoms with Crippen LogP contribution in [0.1, 0.15) is 24.8 Å². The number of nitrogen functional groups attached to an aromatic ring is 1. The number of aromatic hydroxyl groups is 1. The zero-order valence-corrected chi connectivity index (χ0v) is 27.2. The molecule has 1 aromatic heterocycles. The van der Waals surface area contributed by atoms with Gasteiger partial charge in [-0.1, -0.05) is 48.5 Å². The number of benzene rings is 3. The number of phenolic OH excluding ortho intramolecular Hbond substituents is 1. The molecule has 1 saturated carbocycles. The number of hydrogen-bond acceptors (Lipinski definition) is 10. The molecule has 4 aromatic rings. The van der Waals surface area contributed by atoms with E-state index < -0.39 is 0 Å². The quantitative estimate of drug-likeness (QED) is 0.256. The molecular formula is C37H43N7O4. The van der Waals surface area contributed by atoms with Crippen LogP contribution in [-0.2, 0) is 11.3 Å². The normalized spacial score (nSPS) is 17.6. The number of hydrogen-bond donors (Lipinski definition) is 2. The number of rotatable bonds is 9. The van der Waals surface area contributed by atoms with Gasteiger partial charge in [-0.25, -0.2) is 4.79 Å². The lowest BCUT2D eigenvalue weighted by atomic mass is 9.73. The number of nitrogens with zero attached hydrogens (tertiary/aromatic N) is 6. The minimum atomic E-state index is -0.255. The summed E-state index contributed by atoms with van der Waals surface area (Å²) >= 11 is 0. The fourth-order valence-corrected chi connectivity index (χ4v) is 7.06. The molecule has 1 spiro atoms. The van der Waals surface area contributed by atoms with Crippen molar-refractivity contribution in [3.63, 3.8) is 0 Å². The lowest BCUT2D eigenvalue weighted by Crippen LogP contribution is -2.66. The van der Waals surface area contributed by atoms with Crippen LogP contribution in [-0.4, -0.2) is 95.7 Å². The van der Waals surface area contributed by atoms with Gasteiger partial charge in [0, 0.05) is 69.7 Å². The largest absolute Gasteiger partial charge is 0.507 e. The van der Waals surface area contributed by atoms with Gasteiger partial charge in [-0.05, 0) is 55.2 Å². The van der Waals surface area contributed by atoms with Crippen molar-refractivity contribution in [1.82, 2.24) is 20.0 Å². The molecule has 1 amide bonds. The molecule has 11 nitrogen and oxygen atoms in total. The lowest BCUT2D eigenvalue weighted by molar-refractivity contribution is 0.0684. The number of piperazine rings is 2. The van der Waals surface area contributed by atoms with E-state index in [2.05, 4.69) is 43.1 Å². The molecule has 3 heterocycles. The third kappa shape index (κ3) is 6.82. The second-order valence-electron chi connectivity index (χ2n) is 12.9. The summed E-state index contributed by atoms with van der Waals surface area (Å²) in [5.74, 6) is 1.43. The molecule has 0 radical (unpaired) electrons. The molecule has 2 saturated heterocycles. The van der Waals surface area contributed by atoms with Crippen molar-refractivity contribution < 1.29 is 19.4 Å². The number of para-hydroxylation sites is 1. The third-order valence-electron chi connectivity index (χ3n) is 9.90. The van der Waals surface area contributed by atoms with Crippen LogP contribution < -0.4 is 20.3 Å². The predicted octanol–water partition coefficient (Wildman–Crippen LogP) is 5.01. The Morgan fingerprint density at radius 3 is 2.44 bits per heavy atom. The topological polar surface area (TPSA) is 121 Å². The number of carbonyl (C=O) groups excluding carboxylic acids is 1. The number of anilines is 3. The van der Waals surface area contributed by atoms with Crippen LogP contribution in [0.5, 0.6) is 11.5 Å². The number of carbonyl (C=O) groups is 1. The van der Waals surface area contributed by atoms with Gasteiger partial charge in [0.15, 0.2) is 5.82 Å². The van der Waals surface area contributed by atoms with Crippen molar-refractivity contribution in [1.29, 1.82) is 0 Å². The van der Waals surface area contributed by atoms with E-state index in [-0.39, 0.29) is 17.4 Å². The predicted molar refractivity (Wildman–Crippen MR) is 186 cm³/mol. The molecule has 3 aliphatic rings. The maximum atomic E-state index is 12.5. The summed E-state index contributed by atoms with van der Waals surface area (Å²) in [6, 6.07) is 27.3. The smallest absolute Gasteiger partial charge is 0.410 e. The van der Waals surface area contributed by atoms with Gasteiger partial charge < -0.3 is 35.0 Å². The van der Waals surface area contributed by atoms with Crippen LogP contribution in [0.25, 0.3) is 11.3 Å². The Kier molecular flexibility index (Phi) is 9.20. The Hall–Kier alpha value is -5.03. The second-order valence-corrected chi connectivity index (χ2v) is 12.9. The Bertz CT molecular complexity index is 1710. The fourth-order valence-electron chi connectivity index (χ4n) is 7.06. The molecule has 0 bridgehead atoms. The summed E-state index contributed by atoms with van der Waals surface area (Å²) in [5.41, 5.74) is 10.6. The minimum absolute atomic E-state index is 0.00352. The van der Waals surface area contributed by atoms with E-state index in [4.69, 9.17) is 15.2 Å². The maximum absolute atomic E-state index is 12.5. The van der Waals surface area contributed by atoms with Crippen molar-refractivity contribution in [3.05, 3.63) is 90.5 Å². The van der Waals surface area contributed by atoms with Gasteiger partial charge in [0.25, 0.3) is 0 Å². The third-order valence-corrected chi connectivity index (χ3v) is 9.90. The molecule has 2 aliphatic heterocycles. The van der Waals surface area contributed by atoms with E-state index in [0.717, 1.165) is 69.1 Å². The highest BCUT2D eigenvalue weighted by molar-refractivity contribution is 5.74. The van der Waals surface area contributed by atoms with Gasteiger partial charge in [-0.3, -0.25) is 4.90 Å². The molecule has 3 fully saturated rings. The van der Waals surface area contributed by atoms with Crippen molar-refractivity contribution in [3.8, 4) is 22.8 Å². The number of ether oxygens (including phenoxy) is 2. The van der Waals surface area contributed by atoms with E-state index in [1.54, 1.807) is 17.0 Å². The molecule has 0 unspecified atom stereocenters. The van der Waals surface area contributed by atoms with Crippen LogP contribution >= 0.6 is 0 Å². The first kappa shape index (κ1) is 31.6. The van der Waals surface area contributed by atoms with Crippen molar-refractivity contribution in [2.45, 2.75) is 31.4 Å². The molecule has 7 rings (SSSR count). The molecular weight excluding hydrogens is 606 g/mol. The van der Waals surface area contributed by atoms with E-state index in [1.807, 2.05) is 54.6 Å². The van der Waals surface area contributed by atoms with Crippen molar-refractivity contribution in [2.75, 3.05) is 74.5 Å². The summed E-state index contributed by atoms with van der Waals surface area (Å²) < 4.78 is 11.8. The average Bonchev–Trinajstić information content (AvgIpc) is 3.11. The molecule has 250 valence electrons. The number of aromatic nitrogens is 2. The highest BCUT2D eigenvalue weighted by Crippen LogP contribution is 2.45. The standard InChI is InChI=1S/C37H43N7O4/c38-35-33(25-32(39-40-35)31-12-4-5-13-34(31)45)43-20-21-44(37(27-43)14-7-15-37)29-10-6-11-30(24-29)47-23-22-41-16-18-42(19-17-41)36(46)48-26-28-8-2-1-3-9-28/h1-6,8-13,24-25,45H,7,14-23,26-27H2,(H2,38,40). The zero-order valence-electron chi connectivity index (χ0n) is 27.2. The van der Waals surface area contributed by atoms with Crippen LogP contribution in [0.4, 0.5) is 22.0 Å². The Balaban J connectivity index is 0.925. The van der Waals surface area contributed by atoms with Crippen molar-refractivity contribution >= 4 is 23.3 Å². The van der Waals surface area contributed by atoms with Crippen LogP contribution in [0, 0.1) is 0 Å². The van der Waals surface area contributed by atoms with Gasteiger partial charge in [-0.2, -0.15) is 0 Å². The average molecular weight is 650 g/mol. The molecule has 48 heavy (non-hydrogen) atoms. The SMILES string of the molecule is Nc1nnc(-c2ccccc2O)cc1N1CCN(c2cccc(OCCN3CCN(C(=O)OCc4ccccc4)CC3)c2)C2(CCC2)C1. The van der Waals surface area contributed by atoms with Gasteiger partial charge in [-0.15, -0.1) is 10.2 Å². The summed E-state index contributed by atoms with van der Waals surface area (Å²) in [4.78, 5) is 21.5. The lowest BCUT2D eigenvalue weighted by Gasteiger charge is -2.57. The fraction of sp³-hybridized carbons (Fsp3) is 0.378. The monoisotopic (exact) mass is 649 g/mol. The van der Waals surface area contributed by atoms with E-state index in [9.17, 15) is 9.90 Å². The molecule has 11 heteroatoms. The van der Waals surface area contributed by atoms with Gasteiger partial charge >= 0.3 is 6.09 Å². The number of phenols is 1. The highest BCUT2D eigenvalue weighted by Gasteiger charge is 2.47. The summed E-state index contributed by atoms with van der Waals surface area (Å²) in [6.07, 6.45) is 3.14. The summed E-state index contributed by atoms with van der Waals surface area (Å²) in [6.45, 7) is 7.01. The molecule has 0 atom stereocenters. The summed E-state index contributed by atoms with van der Waals surface area (Å²) in [7, 11) is 0. The van der Waals surface area contributed by atoms with E-state index >= 15 is 0 Å². The molecule has 1 aliphatic carbocycles. The zero-order chi connectivity index (χ0) is 32.9. The number of amides is 1. The first-order valence-corrected chi connectivity index (χ1v) is 16.8. The van der Waals surface area contributed by atoms with Crippen LogP contribution in [0.15, 0.2) is 84.9 Å². The van der Waals surface area contributed by atoms with Gasteiger partial charge in [0.05, 0.1) is 16.9 Å². The van der Waals surface area contributed by atoms with Crippen molar-refractivity contribution in [2.24, 2.45) is 0 Å². The second kappa shape index (κ2) is 14.0. The molecule has 3 N–H and O–H groups in total. The highest BCUT2D eigenvalue weighted by atomic mass is 16.6. The first-order valence-electron chi connectivity index (χ1n) is 16.8. The summed E-state index contributed by atoms with van der Waals surface area (Å²) in [5, 5.41) is 18.9.